The largest absolute Gasteiger partial charge is 0.406 e. The summed E-state index contributed by atoms with van der Waals surface area (Å²) in [7, 11) is -1.69. The van der Waals surface area contributed by atoms with Crippen LogP contribution in [0.25, 0.3) is 0 Å². The van der Waals surface area contributed by atoms with Crippen LogP contribution in [-0.4, -0.2) is 8.32 Å². The van der Waals surface area contributed by atoms with Crippen LogP contribution in [0.1, 0.15) is 71.5 Å². The Balaban J connectivity index is 2.94. The molecule has 24 heavy (non-hydrogen) atoms. The second-order valence-electron chi connectivity index (χ2n) is 6.76. The van der Waals surface area contributed by atoms with E-state index >= 15 is 0 Å². The quantitative estimate of drug-likeness (QED) is 0.207. The van der Waals surface area contributed by atoms with Crippen molar-refractivity contribution in [3.05, 3.63) is 47.0 Å². The van der Waals surface area contributed by atoms with Gasteiger partial charge < -0.3 is 4.43 Å². The first kappa shape index (κ1) is 21.5. The Labute approximate surface area is 155 Å². The molecule has 0 aliphatic rings. The Hall–Kier alpha value is -0.573. The molecule has 1 aromatic rings. The first-order chi connectivity index (χ1) is 11.5. The summed E-state index contributed by atoms with van der Waals surface area (Å²) in [4.78, 5) is 0. The Bertz CT molecular complexity index is 471. The number of benzene rings is 1. The summed E-state index contributed by atoms with van der Waals surface area (Å²) in [6.07, 6.45) is 6.13. The highest BCUT2D eigenvalue weighted by molar-refractivity contribution is 6.73. The number of halogens is 1. The van der Waals surface area contributed by atoms with Gasteiger partial charge in [0.15, 0.2) is 8.32 Å². The molecule has 0 aliphatic carbocycles. The van der Waals surface area contributed by atoms with E-state index in [1.54, 1.807) is 0 Å². The second kappa shape index (κ2) is 11.1. The van der Waals surface area contributed by atoms with Gasteiger partial charge in [-0.2, -0.15) is 0 Å². The maximum atomic E-state index is 6.83. The first-order valence-corrected chi connectivity index (χ1v) is 12.5. The Morgan fingerprint density at radius 3 is 2.08 bits per heavy atom. The van der Waals surface area contributed by atoms with Gasteiger partial charge in [0.05, 0.1) is 6.10 Å². The molecule has 1 nitrogen and oxygen atoms in total. The summed E-state index contributed by atoms with van der Waals surface area (Å²) >= 11 is 6.07. The average molecular weight is 367 g/mol. The van der Waals surface area contributed by atoms with Crippen LogP contribution in [-0.2, 0) is 4.43 Å². The van der Waals surface area contributed by atoms with Crippen LogP contribution in [0.5, 0.6) is 0 Å². The molecule has 1 aromatic carbocycles. The molecule has 0 heterocycles. The maximum Gasteiger partial charge on any atom is 0.193 e. The summed E-state index contributed by atoms with van der Waals surface area (Å²) in [5, 5.41) is 0.774. The third-order valence-electron chi connectivity index (χ3n) is 5.20. The molecule has 1 rings (SSSR count). The van der Waals surface area contributed by atoms with Gasteiger partial charge in [-0.1, -0.05) is 77.3 Å². The lowest BCUT2D eigenvalue weighted by Gasteiger charge is -2.34. The van der Waals surface area contributed by atoms with Gasteiger partial charge in [-0.15, -0.1) is 0 Å². The predicted molar refractivity (Wildman–Crippen MR) is 110 cm³/mol. The molecule has 0 saturated heterocycles. The van der Waals surface area contributed by atoms with Crippen molar-refractivity contribution in [1.82, 2.24) is 0 Å². The fourth-order valence-corrected chi connectivity index (χ4v) is 6.11. The molecule has 0 N–H and O–H groups in total. The van der Waals surface area contributed by atoms with Crippen LogP contribution in [0, 0.1) is 0 Å². The monoisotopic (exact) mass is 366 g/mol. The Kier molecular flexibility index (Phi) is 9.95. The average Bonchev–Trinajstić information content (AvgIpc) is 2.61. The summed E-state index contributed by atoms with van der Waals surface area (Å²) in [5.74, 6) is 0. The van der Waals surface area contributed by atoms with E-state index in [4.69, 9.17) is 16.0 Å². The molecule has 0 spiro atoms. The lowest BCUT2D eigenvalue weighted by molar-refractivity contribution is 0.221. The Morgan fingerprint density at radius 2 is 1.58 bits per heavy atom. The van der Waals surface area contributed by atoms with Crippen LogP contribution >= 0.6 is 11.6 Å². The normalized spacial score (nSPS) is 13.0. The van der Waals surface area contributed by atoms with Crippen molar-refractivity contribution in [2.24, 2.45) is 0 Å². The molecule has 0 bridgehead atoms. The molecule has 0 fully saturated rings. The summed E-state index contributed by atoms with van der Waals surface area (Å²) < 4.78 is 6.83. The highest BCUT2D eigenvalue weighted by Crippen LogP contribution is 2.35. The van der Waals surface area contributed by atoms with Crippen molar-refractivity contribution in [3.8, 4) is 0 Å². The fraction of sp³-hybridized carbons (Fsp3) is 0.619. The molecule has 3 heteroatoms. The zero-order valence-electron chi connectivity index (χ0n) is 16.0. The molecule has 0 saturated carbocycles. The smallest absolute Gasteiger partial charge is 0.193 e. The molecule has 0 radical (unpaired) electrons. The second-order valence-corrected chi connectivity index (χ2v) is 11.9. The maximum absolute atomic E-state index is 6.83. The molecular formula is C21H35ClOSi. The van der Waals surface area contributed by atoms with Gasteiger partial charge in [0.25, 0.3) is 0 Å². The lowest BCUT2D eigenvalue weighted by atomic mass is 9.98. The van der Waals surface area contributed by atoms with Crippen molar-refractivity contribution in [2.45, 2.75) is 84.0 Å². The van der Waals surface area contributed by atoms with E-state index in [1.165, 1.54) is 36.8 Å². The minimum Gasteiger partial charge on any atom is -0.406 e. The van der Waals surface area contributed by atoms with Gasteiger partial charge in [-0.3, -0.25) is 0 Å². The van der Waals surface area contributed by atoms with Crippen LogP contribution in [0.3, 0.4) is 0 Å². The van der Waals surface area contributed by atoms with E-state index in [0.717, 1.165) is 29.6 Å². The summed E-state index contributed by atoms with van der Waals surface area (Å²) in [6.45, 7) is 13.5. The molecule has 1 unspecified atom stereocenters. The molecule has 136 valence electrons. The molecule has 1 atom stereocenters. The van der Waals surface area contributed by atoms with Gasteiger partial charge in [0, 0.05) is 5.02 Å². The Morgan fingerprint density at radius 1 is 1.00 bits per heavy atom. The van der Waals surface area contributed by atoms with Crippen molar-refractivity contribution in [3.63, 3.8) is 0 Å². The number of hydrogen-bond donors (Lipinski definition) is 0. The third-order valence-corrected chi connectivity index (χ3v) is 10.0. The SMILES string of the molecule is C=C(CCCCCC)C(O[Si](CC)(CC)CC)c1ccc(Cl)cc1. The van der Waals surface area contributed by atoms with E-state index in [0.29, 0.717) is 0 Å². The van der Waals surface area contributed by atoms with E-state index in [1.807, 2.05) is 12.1 Å². The number of rotatable bonds is 12. The van der Waals surface area contributed by atoms with Crippen molar-refractivity contribution in [2.75, 3.05) is 0 Å². The number of unbranched alkanes of at least 4 members (excludes halogenated alkanes) is 3. The molecule has 0 aliphatic heterocycles. The van der Waals surface area contributed by atoms with E-state index < -0.39 is 8.32 Å². The van der Waals surface area contributed by atoms with E-state index in [-0.39, 0.29) is 6.10 Å². The van der Waals surface area contributed by atoms with Crippen molar-refractivity contribution < 1.29 is 4.43 Å². The number of hydrogen-bond acceptors (Lipinski definition) is 1. The predicted octanol–water partition coefficient (Wildman–Crippen LogP) is 7.93. The summed E-state index contributed by atoms with van der Waals surface area (Å²) in [5.41, 5.74) is 2.42. The highest BCUT2D eigenvalue weighted by Gasteiger charge is 2.33. The molecule has 0 aromatic heterocycles. The minimum atomic E-state index is -1.69. The minimum absolute atomic E-state index is 0.0235. The zero-order valence-corrected chi connectivity index (χ0v) is 17.8. The first-order valence-electron chi connectivity index (χ1n) is 9.62. The topological polar surface area (TPSA) is 9.23 Å². The van der Waals surface area contributed by atoms with E-state index in [9.17, 15) is 0 Å². The van der Waals surface area contributed by atoms with Gasteiger partial charge in [0.1, 0.15) is 0 Å². The zero-order chi connectivity index (χ0) is 18.0. The van der Waals surface area contributed by atoms with Gasteiger partial charge >= 0.3 is 0 Å². The van der Waals surface area contributed by atoms with Gasteiger partial charge in [-0.05, 0) is 54.2 Å². The van der Waals surface area contributed by atoms with Crippen LogP contribution < -0.4 is 0 Å². The van der Waals surface area contributed by atoms with Gasteiger partial charge in [-0.25, -0.2) is 0 Å². The van der Waals surface area contributed by atoms with Gasteiger partial charge in [0.2, 0.25) is 0 Å². The standard InChI is InChI=1S/C21H35ClOSi/c1-6-10-11-12-13-18(5)21(19-14-16-20(22)17-15-19)23-24(7-2,8-3)9-4/h14-17,21H,5-13H2,1-4H3. The van der Waals surface area contributed by atoms with Crippen LogP contribution in [0.2, 0.25) is 23.2 Å². The van der Waals surface area contributed by atoms with Crippen LogP contribution in [0.15, 0.2) is 36.4 Å². The van der Waals surface area contributed by atoms with Crippen molar-refractivity contribution >= 4 is 19.9 Å². The van der Waals surface area contributed by atoms with Crippen LogP contribution in [0.4, 0.5) is 0 Å². The molecular weight excluding hydrogens is 332 g/mol. The van der Waals surface area contributed by atoms with E-state index in [2.05, 4.69) is 46.4 Å². The van der Waals surface area contributed by atoms with Crippen molar-refractivity contribution in [1.29, 1.82) is 0 Å². The fourth-order valence-electron chi connectivity index (χ4n) is 3.18. The molecule has 0 amide bonds. The lowest BCUT2D eigenvalue weighted by Crippen LogP contribution is -2.37. The third kappa shape index (κ3) is 6.38. The highest BCUT2D eigenvalue weighted by atomic mass is 35.5. The summed E-state index contributed by atoms with van der Waals surface area (Å²) in [6, 6.07) is 11.6.